The summed E-state index contributed by atoms with van der Waals surface area (Å²) in [7, 11) is 1.59. The van der Waals surface area contributed by atoms with E-state index >= 15 is 0 Å². The fourth-order valence-corrected chi connectivity index (χ4v) is 2.64. The van der Waals surface area contributed by atoms with Gasteiger partial charge < -0.3 is 15.6 Å². The highest BCUT2D eigenvalue weighted by Gasteiger charge is 2.11. The largest absolute Gasteiger partial charge is 0.494 e. The van der Waals surface area contributed by atoms with E-state index in [1.165, 1.54) is 0 Å². The van der Waals surface area contributed by atoms with Crippen LogP contribution in [-0.2, 0) is 0 Å². The molecule has 0 saturated carbocycles. The normalized spacial score (nSPS) is 12.6. The lowest BCUT2D eigenvalue weighted by molar-refractivity contribution is 0.268. The van der Waals surface area contributed by atoms with E-state index in [1.807, 2.05) is 12.1 Å². The van der Waals surface area contributed by atoms with Crippen molar-refractivity contribution >= 4 is 31.9 Å². The molecule has 0 aliphatic carbocycles. The van der Waals surface area contributed by atoms with E-state index in [1.54, 1.807) is 7.11 Å². The predicted molar refractivity (Wildman–Crippen MR) is 62.4 cm³/mol. The van der Waals surface area contributed by atoms with E-state index in [-0.39, 0.29) is 12.6 Å². The van der Waals surface area contributed by atoms with Crippen LogP contribution in [0.1, 0.15) is 11.6 Å². The highest BCUT2D eigenvalue weighted by molar-refractivity contribution is 9.11. The van der Waals surface area contributed by atoms with Crippen molar-refractivity contribution in [1.82, 2.24) is 0 Å². The van der Waals surface area contributed by atoms with Gasteiger partial charge in [0.2, 0.25) is 0 Å². The van der Waals surface area contributed by atoms with Crippen LogP contribution in [0.15, 0.2) is 21.1 Å². The van der Waals surface area contributed by atoms with Gasteiger partial charge in [-0.2, -0.15) is 0 Å². The zero-order valence-corrected chi connectivity index (χ0v) is 10.8. The van der Waals surface area contributed by atoms with Gasteiger partial charge in [-0.1, -0.05) is 0 Å². The summed E-state index contributed by atoms with van der Waals surface area (Å²) in [5, 5.41) is 8.91. The first-order valence-electron chi connectivity index (χ1n) is 3.99. The molecule has 1 unspecified atom stereocenters. The Morgan fingerprint density at radius 1 is 1.43 bits per heavy atom. The van der Waals surface area contributed by atoms with Gasteiger partial charge in [-0.05, 0) is 49.6 Å². The monoisotopic (exact) mass is 323 g/mol. The van der Waals surface area contributed by atoms with Crippen molar-refractivity contribution in [2.75, 3.05) is 13.7 Å². The lowest BCUT2D eigenvalue weighted by Gasteiger charge is -2.12. The van der Waals surface area contributed by atoms with Crippen LogP contribution in [0.2, 0.25) is 0 Å². The van der Waals surface area contributed by atoms with Crippen molar-refractivity contribution in [2.24, 2.45) is 5.73 Å². The molecule has 1 aromatic carbocycles. The first-order chi connectivity index (χ1) is 6.60. The number of halogens is 2. The number of nitrogens with two attached hydrogens (primary N) is 1. The van der Waals surface area contributed by atoms with Gasteiger partial charge in [-0.25, -0.2) is 0 Å². The van der Waals surface area contributed by atoms with E-state index in [4.69, 9.17) is 15.6 Å². The Bertz CT molecular complexity index is 308. The van der Waals surface area contributed by atoms with Gasteiger partial charge >= 0.3 is 0 Å². The van der Waals surface area contributed by atoms with Crippen molar-refractivity contribution in [3.63, 3.8) is 0 Å². The maximum atomic E-state index is 8.91. The third kappa shape index (κ3) is 2.48. The molecule has 78 valence electrons. The molecule has 0 radical (unpaired) electrons. The Balaban J connectivity index is 3.13. The van der Waals surface area contributed by atoms with E-state index < -0.39 is 0 Å². The number of hydrogen-bond acceptors (Lipinski definition) is 3. The van der Waals surface area contributed by atoms with Crippen LogP contribution in [0.3, 0.4) is 0 Å². The number of hydrogen-bond donors (Lipinski definition) is 2. The zero-order chi connectivity index (χ0) is 10.7. The lowest BCUT2D eigenvalue weighted by atomic mass is 10.1. The van der Waals surface area contributed by atoms with Gasteiger partial charge in [-0.15, -0.1) is 0 Å². The maximum Gasteiger partial charge on any atom is 0.147 e. The second kappa shape index (κ2) is 5.11. The molecule has 1 rings (SSSR count). The average molecular weight is 325 g/mol. The van der Waals surface area contributed by atoms with Crippen LogP contribution in [-0.4, -0.2) is 18.8 Å². The molecule has 14 heavy (non-hydrogen) atoms. The molecule has 0 saturated heterocycles. The fourth-order valence-electron chi connectivity index (χ4n) is 1.09. The van der Waals surface area contributed by atoms with Crippen LogP contribution in [0.4, 0.5) is 0 Å². The molecular weight excluding hydrogens is 314 g/mol. The van der Waals surface area contributed by atoms with Crippen LogP contribution < -0.4 is 10.5 Å². The Kier molecular flexibility index (Phi) is 4.37. The number of aliphatic hydroxyl groups excluding tert-OH is 1. The molecule has 0 amide bonds. The van der Waals surface area contributed by atoms with Gasteiger partial charge in [0, 0.05) is 0 Å². The minimum Gasteiger partial charge on any atom is -0.494 e. The summed E-state index contributed by atoms with van der Waals surface area (Å²) >= 11 is 6.73. The van der Waals surface area contributed by atoms with Crippen molar-refractivity contribution < 1.29 is 9.84 Å². The maximum absolute atomic E-state index is 8.91. The highest BCUT2D eigenvalue weighted by Crippen LogP contribution is 2.35. The number of benzene rings is 1. The third-order valence-corrected chi connectivity index (χ3v) is 3.03. The summed E-state index contributed by atoms with van der Waals surface area (Å²) in [6.45, 7) is -0.0782. The quantitative estimate of drug-likeness (QED) is 0.896. The second-order valence-electron chi connectivity index (χ2n) is 2.81. The molecule has 0 bridgehead atoms. The molecule has 0 fully saturated rings. The Morgan fingerprint density at radius 3 is 2.29 bits per heavy atom. The number of aliphatic hydroxyl groups is 1. The summed E-state index contributed by atoms with van der Waals surface area (Å²) in [5.41, 5.74) is 6.54. The highest BCUT2D eigenvalue weighted by atomic mass is 79.9. The molecule has 3 nitrogen and oxygen atoms in total. The standard InChI is InChI=1S/C9H11Br2NO2/c1-14-9-6(10)2-5(3-7(9)11)8(12)4-13/h2-3,8,13H,4,12H2,1H3. The van der Waals surface area contributed by atoms with E-state index in [0.29, 0.717) is 0 Å². The van der Waals surface area contributed by atoms with E-state index in [0.717, 1.165) is 20.3 Å². The molecule has 0 aliphatic heterocycles. The van der Waals surface area contributed by atoms with E-state index in [9.17, 15) is 0 Å². The summed E-state index contributed by atoms with van der Waals surface area (Å²) in [5.74, 6) is 0.721. The Morgan fingerprint density at radius 2 is 1.93 bits per heavy atom. The van der Waals surface area contributed by atoms with Gasteiger partial charge in [0.15, 0.2) is 0 Å². The molecular formula is C9H11Br2NO2. The van der Waals surface area contributed by atoms with E-state index in [2.05, 4.69) is 31.9 Å². The zero-order valence-electron chi connectivity index (χ0n) is 7.63. The van der Waals surface area contributed by atoms with Crippen molar-refractivity contribution in [3.05, 3.63) is 26.6 Å². The SMILES string of the molecule is COc1c(Br)cc(C(N)CO)cc1Br. The molecule has 3 N–H and O–H groups in total. The molecule has 0 aromatic heterocycles. The fraction of sp³-hybridized carbons (Fsp3) is 0.333. The Labute approximate surface area is 99.5 Å². The Hall–Kier alpha value is -0.100. The molecule has 1 aromatic rings. The first-order valence-corrected chi connectivity index (χ1v) is 5.58. The number of ether oxygens (including phenoxy) is 1. The molecule has 0 spiro atoms. The molecule has 5 heteroatoms. The minimum atomic E-state index is -0.367. The summed E-state index contributed by atoms with van der Waals surface area (Å²) in [4.78, 5) is 0. The molecule has 0 aliphatic rings. The van der Waals surface area contributed by atoms with Crippen LogP contribution >= 0.6 is 31.9 Å². The van der Waals surface area contributed by atoms with Gasteiger partial charge in [0.1, 0.15) is 5.75 Å². The van der Waals surface area contributed by atoms with Gasteiger partial charge in [0.25, 0.3) is 0 Å². The first kappa shape index (κ1) is 12.0. The summed E-state index contributed by atoms with van der Waals surface area (Å²) in [6.07, 6.45) is 0. The molecule has 0 heterocycles. The van der Waals surface area contributed by atoms with Gasteiger partial charge in [-0.3, -0.25) is 0 Å². The average Bonchev–Trinajstić information content (AvgIpc) is 2.16. The third-order valence-electron chi connectivity index (χ3n) is 1.85. The van der Waals surface area contributed by atoms with Crippen LogP contribution in [0.5, 0.6) is 5.75 Å². The minimum absolute atomic E-state index is 0.0782. The topological polar surface area (TPSA) is 55.5 Å². The van der Waals surface area contributed by atoms with Gasteiger partial charge in [0.05, 0.1) is 28.7 Å². The van der Waals surface area contributed by atoms with Crippen LogP contribution in [0, 0.1) is 0 Å². The number of methoxy groups -OCH3 is 1. The predicted octanol–water partition coefficient (Wildman–Crippen LogP) is 2.21. The lowest BCUT2D eigenvalue weighted by Crippen LogP contribution is -2.14. The van der Waals surface area contributed by atoms with Crippen molar-refractivity contribution in [3.8, 4) is 5.75 Å². The molecule has 1 atom stereocenters. The number of rotatable bonds is 3. The smallest absolute Gasteiger partial charge is 0.147 e. The summed E-state index contributed by atoms with van der Waals surface area (Å²) in [6, 6.07) is 3.31. The second-order valence-corrected chi connectivity index (χ2v) is 4.52. The van der Waals surface area contributed by atoms with Crippen molar-refractivity contribution in [1.29, 1.82) is 0 Å². The summed E-state index contributed by atoms with van der Waals surface area (Å²) < 4.78 is 6.77. The van der Waals surface area contributed by atoms with Crippen LogP contribution in [0.25, 0.3) is 0 Å². The van der Waals surface area contributed by atoms with Crippen molar-refractivity contribution in [2.45, 2.75) is 6.04 Å².